The molecular weight excluding hydrogens is 216 g/mol. The van der Waals surface area contributed by atoms with Crippen LogP contribution in [0.4, 0.5) is 0 Å². The van der Waals surface area contributed by atoms with Crippen LogP contribution in [0.1, 0.15) is 10.5 Å². The van der Waals surface area contributed by atoms with Crippen LogP contribution in [0.2, 0.25) is 0 Å². The third-order valence-corrected chi connectivity index (χ3v) is 2.59. The third-order valence-electron chi connectivity index (χ3n) is 1.68. The van der Waals surface area contributed by atoms with Gasteiger partial charge in [-0.15, -0.1) is 11.3 Å². The van der Waals surface area contributed by atoms with Gasteiger partial charge in [-0.05, 0) is 6.07 Å². The molecule has 0 saturated heterocycles. The molecule has 0 bridgehead atoms. The van der Waals surface area contributed by atoms with Crippen molar-refractivity contribution >= 4 is 17.3 Å². The molecule has 0 atom stereocenters. The number of carboxylic acids is 1. The zero-order valence-electron chi connectivity index (χ0n) is 7.41. The van der Waals surface area contributed by atoms with Crippen LogP contribution in [0.5, 0.6) is 5.75 Å². The molecule has 2 aromatic rings. The predicted octanol–water partition coefficient (Wildman–Crippen LogP) is 1.61. The van der Waals surface area contributed by atoms with Crippen molar-refractivity contribution in [3.8, 4) is 16.5 Å². The number of aromatic hydroxyl groups is 1. The normalized spacial score (nSPS) is 10.1. The maximum absolute atomic E-state index is 10.7. The van der Waals surface area contributed by atoms with E-state index < -0.39 is 5.97 Å². The van der Waals surface area contributed by atoms with Crippen molar-refractivity contribution in [2.24, 2.45) is 0 Å². The topological polar surface area (TPSA) is 83.3 Å². The number of hydrogen-bond donors (Lipinski definition) is 2. The van der Waals surface area contributed by atoms with Crippen LogP contribution in [0.15, 0.2) is 23.7 Å². The summed E-state index contributed by atoms with van der Waals surface area (Å²) in [6.45, 7) is 0. The monoisotopic (exact) mass is 222 g/mol. The second-order valence-electron chi connectivity index (χ2n) is 2.74. The highest BCUT2D eigenvalue weighted by atomic mass is 32.1. The van der Waals surface area contributed by atoms with Gasteiger partial charge in [-0.3, -0.25) is 0 Å². The Morgan fingerprint density at radius 3 is 2.87 bits per heavy atom. The lowest BCUT2D eigenvalue weighted by atomic mass is 10.3. The van der Waals surface area contributed by atoms with Gasteiger partial charge in [0.15, 0.2) is 11.5 Å². The summed E-state index contributed by atoms with van der Waals surface area (Å²) >= 11 is 1.26. The van der Waals surface area contributed by atoms with Gasteiger partial charge in [0.25, 0.3) is 0 Å². The molecule has 0 unspecified atom stereocenters. The molecule has 2 aromatic heterocycles. The number of carbonyl (C=O) groups is 1. The Balaban J connectivity index is 2.45. The highest BCUT2D eigenvalue weighted by molar-refractivity contribution is 7.13. The van der Waals surface area contributed by atoms with Crippen LogP contribution in [-0.4, -0.2) is 26.2 Å². The standard InChI is InChI=1S/C9H6N2O3S/c12-5-3-7(15-4-5)8-10-2-1-6(11-8)9(13)14/h1-4,12H,(H,13,14). The minimum atomic E-state index is -1.10. The van der Waals surface area contributed by atoms with Gasteiger partial charge < -0.3 is 10.2 Å². The van der Waals surface area contributed by atoms with Crippen molar-refractivity contribution in [3.63, 3.8) is 0 Å². The first-order valence-corrected chi connectivity index (χ1v) is 4.89. The van der Waals surface area contributed by atoms with Crippen molar-refractivity contribution in [1.82, 2.24) is 9.97 Å². The molecule has 76 valence electrons. The lowest BCUT2D eigenvalue weighted by Gasteiger charge is -1.96. The molecule has 0 radical (unpaired) electrons. The lowest BCUT2D eigenvalue weighted by molar-refractivity contribution is 0.0690. The molecule has 5 nitrogen and oxygen atoms in total. The summed E-state index contributed by atoms with van der Waals surface area (Å²) < 4.78 is 0. The summed E-state index contributed by atoms with van der Waals surface area (Å²) in [6, 6.07) is 2.81. The second kappa shape index (κ2) is 3.66. The molecule has 0 aromatic carbocycles. The Hall–Kier alpha value is -1.95. The molecule has 0 spiro atoms. The number of aromatic nitrogens is 2. The summed E-state index contributed by atoms with van der Waals surface area (Å²) in [6.07, 6.45) is 1.38. The van der Waals surface area contributed by atoms with Gasteiger partial charge in [0.1, 0.15) is 5.75 Å². The summed E-state index contributed by atoms with van der Waals surface area (Å²) in [5.41, 5.74) is -0.0621. The molecule has 0 aliphatic heterocycles. The van der Waals surface area contributed by atoms with Gasteiger partial charge in [-0.2, -0.15) is 0 Å². The maximum Gasteiger partial charge on any atom is 0.354 e. The minimum Gasteiger partial charge on any atom is -0.507 e. The van der Waals surface area contributed by atoms with Crippen molar-refractivity contribution in [2.75, 3.05) is 0 Å². The van der Waals surface area contributed by atoms with Crippen LogP contribution in [0.3, 0.4) is 0 Å². The third kappa shape index (κ3) is 1.94. The van der Waals surface area contributed by atoms with Gasteiger partial charge in [0.05, 0.1) is 4.88 Å². The van der Waals surface area contributed by atoms with Crippen molar-refractivity contribution < 1.29 is 15.0 Å². The average Bonchev–Trinajstić information content (AvgIpc) is 2.65. The van der Waals surface area contributed by atoms with Crippen molar-refractivity contribution in [1.29, 1.82) is 0 Å². The van der Waals surface area contributed by atoms with Gasteiger partial charge in [-0.1, -0.05) is 0 Å². The molecule has 0 aliphatic carbocycles. The molecule has 2 rings (SSSR count). The molecule has 0 saturated carbocycles. The molecule has 2 N–H and O–H groups in total. The van der Waals surface area contributed by atoms with Gasteiger partial charge in [0, 0.05) is 17.6 Å². The molecule has 15 heavy (non-hydrogen) atoms. The summed E-state index contributed by atoms with van der Waals surface area (Å²) in [4.78, 5) is 19.1. The van der Waals surface area contributed by atoms with E-state index in [9.17, 15) is 4.79 Å². The van der Waals surface area contributed by atoms with Crippen molar-refractivity contribution in [2.45, 2.75) is 0 Å². The average molecular weight is 222 g/mol. The number of rotatable bonds is 2. The van der Waals surface area contributed by atoms with Crippen LogP contribution in [-0.2, 0) is 0 Å². The van der Waals surface area contributed by atoms with E-state index in [2.05, 4.69) is 9.97 Å². The highest BCUT2D eigenvalue weighted by Crippen LogP contribution is 2.27. The van der Waals surface area contributed by atoms with E-state index in [1.807, 2.05) is 0 Å². The van der Waals surface area contributed by atoms with Gasteiger partial charge in [0.2, 0.25) is 0 Å². The number of hydrogen-bond acceptors (Lipinski definition) is 5. The Morgan fingerprint density at radius 2 is 2.27 bits per heavy atom. The van der Waals surface area contributed by atoms with E-state index in [0.29, 0.717) is 10.7 Å². The Morgan fingerprint density at radius 1 is 1.47 bits per heavy atom. The molecule has 0 amide bonds. The number of carboxylic acid groups (broad SMARTS) is 1. The summed E-state index contributed by atoms with van der Waals surface area (Å²) in [5.74, 6) is -0.668. The van der Waals surface area contributed by atoms with Gasteiger partial charge in [-0.25, -0.2) is 14.8 Å². The minimum absolute atomic E-state index is 0.0621. The van der Waals surface area contributed by atoms with E-state index in [1.165, 1.54) is 35.0 Å². The Kier molecular flexibility index (Phi) is 2.34. The molecular formula is C9H6N2O3S. The smallest absolute Gasteiger partial charge is 0.354 e. The first-order valence-electron chi connectivity index (χ1n) is 4.01. The van der Waals surface area contributed by atoms with Gasteiger partial charge >= 0.3 is 5.97 Å². The maximum atomic E-state index is 10.7. The fourth-order valence-electron chi connectivity index (χ4n) is 1.04. The van der Waals surface area contributed by atoms with E-state index in [1.54, 1.807) is 0 Å². The second-order valence-corrected chi connectivity index (χ2v) is 3.65. The van der Waals surface area contributed by atoms with Crippen LogP contribution in [0.25, 0.3) is 10.7 Å². The van der Waals surface area contributed by atoms with E-state index in [0.717, 1.165) is 0 Å². The van der Waals surface area contributed by atoms with E-state index in [-0.39, 0.29) is 11.4 Å². The number of thiophene rings is 1. The molecule has 0 aliphatic rings. The zero-order valence-corrected chi connectivity index (χ0v) is 8.23. The van der Waals surface area contributed by atoms with Crippen LogP contribution >= 0.6 is 11.3 Å². The summed E-state index contributed by atoms with van der Waals surface area (Å²) in [5, 5.41) is 19.4. The Bertz CT molecular complexity index is 510. The zero-order chi connectivity index (χ0) is 10.8. The van der Waals surface area contributed by atoms with Crippen LogP contribution in [0, 0.1) is 0 Å². The fourth-order valence-corrected chi connectivity index (χ4v) is 1.75. The van der Waals surface area contributed by atoms with E-state index >= 15 is 0 Å². The summed E-state index contributed by atoms with van der Waals surface area (Å²) in [7, 11) is 0. The largest absolute Gasteiger partial charge is 0.507 e. The highest BCUT2D eigenvalue weighted by Gasteiger charge is 2.09. The lowest BCUT2D eigenvalue weighted by Crippen LogP contribution is -2.01. The predicted molar refractivity (Wildman–Crippen MR) is 54.0 cm³/mol. The molecule has 2 heterocycles. The SMILES string of the molecule is O=C(O)c1ccnc(-c2cc(O)cs2)n1. The quantitative estimate of drug-likeness (QED) is 0.806. The first kappa shape index (κ1) is 9.60. The number of nitrogens with zero attached hydrogens (tertiary/aromatic N) is 2. The number of aromatic carboxylic acids is 1. The fraction of sp³-hybridized carbons (Fsp3) is 0. The van der Waals surface area contributed by atoms with E-state index in [4.69, 9.17) is 10.2 Å². The molecule has 0 fully saturated rings. The van der Waals surface area contributed by atoms with Crippen LogP contribution < -0.4 is 0 Å². The Labute approximate surface area is 88.7 Å². The first-order chi connectivity index (χ1) is 7.16. The molecule has 6 heteroatoms. The van der Waals surface area contributed by atoms with Crippen molar-refractivity contribution in [3.05, 3.63) is 29.4 Å².